The van der Waals surface area contributed by atoms with Crippen LogP contribution in [-0.2, 0) is 11.3 Å². The van der Waals surface area contributed by atoms with E-state index in [1.165, 1.54) is 32.8 Å². The van der Waals surface area contributed by atoms with Crippen LogP contribution in [0.25, 0.3) is 0 Å². The third kappa shape index (κ3) is 5.38. The topological polar surface area (TPSA) is 121 Å². The number of nitrogens with zero attached hydrogens (tertiary/aromatic N) is 3. The fourth-order valence-corrected chi connectivity index (χ4v) is 3.73. The van der Waals surface area contributed by atoms with Crippen molar-refractivity contribution < 1.29 is 9.59 Å². The second kappa shape index (κ2) is 9.75. The lowest BCUT2D eigenvalue weighted by atomic mass is 10.2. The molecule has 2 aromatic rings. The van der Waals surface area contributed by atoms with Crippen LogP contribution in [0.3, 0.4) is 0 Å². The zero-order valence-electron chi connectivity index (χ0n) is 18.0. The van der Waals surface area contributed by atoms with Crippen molar-refractivity contribution in [2.24, 2.45) is 11.8 Å². The van der Waals surface area contributed by atoms with Crippen LogP contribution in [0.2, 0.25) is 0 Å². The van der Waals surface area contributed by atoms with E-state index in [0.717, 1.165) is 0 Å². The molecule has 2 heterocycles. The van der Waals surface area contributed by atoms with Gasteiger partial charge in [0, 0.05) is 20.1 Å². The zero-order chi connectivity index (χ0) is 22.6. The van der Waals surface area contributed by atoms with E-state index in [1.54, 1.807) is 17.5 Å². The molecule has 9 nitrogen and oxygen atoms in total. The van der Waals surface area contributed by atoms with E-state index in [0.29, 0.717) is 11.4 Å². The number of rotatable bonds is 8. The highest BCUT2D eigenvalue weighted by Gasteiger charge is 2.27. The number of anilines is 2. The van der Waals surface area contributed by atoms with Gasteiger partial charge in [0.05, 0.1) is 4.88 Å². The first-order valence-corrected chi connectivity index (χ1v) is 10.6. The van der Waals surface area contributed by atoms with Gasteiger partial charge in [0.2, 0.25) is 5.91 Å². The molecule has 164 valence electrons. The van der Waals surface area contributed by atoms with Crippen LogP contribution in [0, 0.1) is 11.8 Å². The van der Waals surface area contributed by atoms with Crippen molar-refractivity contribution in [1.29, 1.82) is 0 Å². The molecule has 0 saturated heterocycles. The van der Waals surface area contributed by atoms with Gasteiger partial charge in [-0.1, -0.05) is 33.8 Å². The van der Waals surface area contributed by atoms with Crippen molar-refractivity contribution in [2.75, 3.05) is 30.8 Å². The molecule has 0 atom stereocenters. The monoisotopic (exact) mass is 435 g/mol. The normalized spacial score (nSPS) is 11.2. The van der Waals surface area contributed by atoms with E-state index in [9.17, 15) is 19.2 Å². The first-order chi connectivity index (χ1) is 14.0. The smallest absolute Gasteiger partial charge is 0.330 e. The minimum absolute atomic E-state index is 0.0246. The minimum atomic E-state index is -0.723. The van der Waals surface area contributed by atoms with Crippen LogP contribution < -0.4 is 21.9 Å². The number of hydrogen-bond acceptors (Lipinski definition) is 6. The van der Waals surface area contributed by atoms with Crippen LogP contribution >= 0.6 is 11.3 Å². The first-order valence-electron chi connectivity index (χ1n) is 9.74. The molecule has 0 radical (unpaired) electrons. The molecule has 30 heavy (non-hydrogen) atoms. The third-order valence-electron chi connectivity index (χ3n) is 4.33. The number of aromatic amines is 1. The number of carbonyl (C=O) groups is 2. The summed E-state index contributed by atoms with van der Waals surface area (Å²) in [5.74, 6) is -0.666. The Morgan fingerprint density at radius 1 is 1.20 bits per heavy atom. The molecule has 10 heteroatoms. The van der Waals surface area contributed by atoms with Gasteiger partial charge in [-0.15, -0.1) is 11.3 Å². The summed E-state index contributed by atoms with van der Waals surface area (Å²) in [6, 6.07) is 3.45. The van der Waals surface area contributed by atoms with E-state index >= 15 is 0 Å². The van der Waals surface area contributed by atoms with Crippen molar-refractivity contribution in [3.63, 3.8) is 0 Å². The Labute approximate surface area is 179 Å². The number of nitrogens with two attached hydrogens (primary N) is 1. The molecule has 0 bridgehead atoms. The number of H-pyrrole nitrogens is 1. The molecule has 0 aliphatic carbocycles. The Kier molecular flexibility index (Phi) is 7.60. The van der Waals surface area contributed by atoms with Crippen molar-refractivity contribution in [1.82, 2.24) is 14.5 Å². The molecular weight excluding hydrogens is 406 g/mol. The summed E-state index contributed by atoms with van der Waals surface area (Å²) < 4.78 is 1.27. The van der Waals surface area contributed by atoms with Gasteiger partial charge in [-0.2, -0.15) is 0 Å². The number of nitrogen functional groups attached to an aromatic ring is 1. The Morgan fingerprint density at radius 2 is 1.87 bits per heavy atom. The average molecular weight is 436 g/mol. The molecule has 2 amide bonds. The Morgan fingerprint density at radius 3 is 2.40 bits per heavy atom. The molecule has 2 aromatic heterocycles. The molecule has 0 aliphatic rings. The minimum Gasteiger partial charge on any atom is -0.383 e. The summed E-state index contributed by atoms with van der Waals surface area (Å²) in [7, 11) is 1.53. The molecule has 3 N–H and O–H groups in total. The lowest BCUT2D eigenvalue weighted by Gasteiger charge is -2.28. The standard InChI is InChI=1S/C20H29N5O4S/c1-12(2)9-24(15(26)11-23(5)19(28)14-7-6-8-30-14)16-17(21)25(10-13(3)4)20(29)22-18(16)27/h6-8,12-13H,9-11,21H2,1-5H3,(H,22,27,29). The molecule has 0 aromatic carbocycles. The van der Waals surface area contributed by atoms with Gasteiger partial charge in [-0.25, -0.2) is 4.79 Å². The fraction of sp³-hybridized carbons (Fsp3) is 0.500. The molecule has 0 saturated carbocycles. The number of thiophene rings is 1. The summed E-state index contributed by atoms with van der Waals surface area (Å²) in [4.78, 5) is 55.8. The predicted octanol–water partition coefficient (Wildman–Crippen LogP) is 1.60. The molecule has 2 rings (SSSR count). The van der Waals surface area contributed by atoms with Crippen molar-refractivity contribution in [3.05, 3.63) is 43.2 Å². The number of carbonyl (C=O) groups excluding carboxylic acids is 2. The molecule has 0 aliphatic heterocycles. The van der Waals surface area contributed by atoms with E-state index in [1.807, 2.05) is 27.7 Å². The number of nitrogens with one attached hydrogen (secondary N) is 1. The fourth-order valence-electron chi connectivity index (χ4n) is 3.02. The summed E-state index contributed by atoms with van der Waals surface area (Å²) >= 11 is 1.29. The van der Waals surface area contributed by atoms with Gasteiger partial charge in [0.1, 0.15) is 12.4 Å². The van der Waals surface area contributed by atoms with Gasteiger partial charge in [-0.3, -0.25) is 23.9 Å². The molecule has 0 spiro atoms. The van der Waals surface area contributed by atoms with Gasteiger partial charge < -0.3 is 15.5 Å². The summed E-state index contributed by atoms with van der Waals surface area (Å²) in [5.41, 5.74) is 4.78. The molecular formula is C20H29N5O4S. The predicted molar refractivity (Wildman–Crippen MR) is 119 cm³/mol. The molecule has 0 unspecified atom stereocenters. The van der Waals surface area contributed by atoms with Crippen LogP contribution in [0.5, 0.6) is 0 Å². The van der Waals surface area contributed by atoms with Crippen LogP contribution in [0.1, 0.15) is 37.4 Å². The van der Waals surface area contributed by atoms with Gasteiger partial charge in [0.25, 0.3) is 11.5 Å². The van der Waals surface area contributed by atoms with Crippen LogP contribution in [0.15, 0.2) is 27.1 Å². The number of hydrogen-bond donors (Lipinski definition) is 2. The van der Waals surface area contributed by atoms with Gasteiger partial charge in [-0.05, 0) is 23.3 Å². The van der Waals surface area contributed by atoms with E-state index in [-0.39, 0.29) is 42.3 Å². The first kappa shape index (κ1) is 23.4. The van der Waals surface area contributed by atoms with Crippen molar-refractivity contribution in [2.45, 2.75) is 34.2 Å². The third-order valence-corrected chi connectivity index (χ3v) is 5.19. The largest absolute Gasteiger partial charge is 0.383 e. The Balaban J connectivity index is 2.42. The Bertz CT molecular complexity index is 1010. The highest BCUT2D eigenvalue weighted by Crippen LogP contribution is 2.20. The van der Waals surface area contributed by atoms with E-state index < -0.39 is 17.2 Å². The molecule has 0 fully saturated rings. The van der Waals surface area contributed by atoms with E-state index in [2.05, 4.69) is 4.98 Å². The van der Waals surface area contributed by atoms with Crippen molar-refractivity contribution in [3.8, 4) is 0 Å². The highest BCUT2D eigenvalue weighted by atomic mass is 32.1. The zero-order valence-corrected chi connectivity index (χ0v) is 18.8. The van der Waals surface area contributed by atoms with Gasteiger partial charge in [0.15, 0.2) is 5.69 Å². The number of aromatic nitrogens is 2. The van der Waals surface area contributed by atoms with Crippen LogP contribution in [-0.4, -0.2) is 46.4 Å². The lowest BCUT2D eigenvalue weighted by Crippen LogP contribution is -2.47. The van der Waals surface area contributed by atoms with Gasteiger partial charge >= 0.3 is 5.69 Å². The maximum absolute atomic E-state index is 13.1. The maximum Gasteiger partial charge on any atom is 0.330 e. The highest BCUT2D eigenvalue weighted by molar-refractivity contribution is 7.12. The number of likely N-dealkylation sites (N-methyl/N-ethyl adjacent to an activating group) is 1. The second-order valence-electron chi connectivity index (χ2n) is 8.03. The van der Waals surface area contributed by atoms with Crippen molar-refractivity contribution >= 4 is 34.7 Å². The summed E-state index contributed by atoms with van der Waals surface area (Å²) in [5, 5.41) is 1.78. The van der Waals surface area contributed by atoms with E-state index in [4.69, 9.17) is 5.73 Å². The lowest BCUT2D eigenvalue weighted by molar-refractivity contribution is -0.119. The second-order valence-corrected chi connectivity index (χ2v) is 8.98. The summed E-state index contributed by atoms with van der Waals surface area (Å²) in [6.07, 6.45) is 0. The summed E-state index contributed by atoms with van der Waals surface area (Å²) in [6.45, 7) is 7.91. The average Bonchev–Trinajstić information content (AvgIpc) is 3.17. The SMILES string of the molecule is CC(C)CN(C(=O)CN(C)C(=O)c1cccs1)c1c(N)n(CC(C)C)c(=O)[nH]c1=O. The van der Waals surface area contributed by atoms with Crippen LogP contribution in [0.4, 0.5) is 11.5 Å². The Hall–Kier alpha value is -2.88. The number of amides is 2. The maximum atomic E-state index is 13.1. The quantitative estimate of drug-likeness (QED) is 0.652.